The van der Waals surface area contributed by atoms with E-state index in [1.165, 1.54) is 37.4 Å². The summed E-state index contributed by atoms with van der Waals surface area (Å²) in [4.78, 5) is 11.2. The zero-order valence-corrected chi connectivity index (χ0v) is 22.8. The molecule has 2 atom stereocenters. The third-order valence-corrected chi connectivity index (χ3v) is 7.99. The molecule has 1 aliphatic carbocycles. The van der Waals surface area contributed by atoms with Crippen molar-refractivity contribution in [2.24, 2.45) is 5.41 Å². The monoisotopic (exact) mass is 540 g/mol. The van der Waals surface area contributed by atoms with Crippen molar-refractivity contribution in [3.05, 3.63) is 82.7 Å². The van der Waals surface area contributed by atoms with Crippen LogP contribution in [0, 0.1) is 22.9 Å². The lowest BCUT2D eigenvalue weighted by molar-refractivity contribution is -0.137. The molecule has 3 aromatic rings. The predicted molar refractivity (Wildman–Crippen MR) is 145 cm³/mol. The van der Waals surface area contributed by atoms with Crippen LogP contribution in [0.4, 0.5) is 13.2 Å². The van der Waals surface area contributed by atoms with Gasteiger partial charge in [-0.25, -0.2) is 13.2 Å². The minimum absolute atomic E-state index is 0.0587. The van der Waals surface area contributed by atoms with E-state index < -0.39 is 23.4 Å². The fraction of sp³-hybridized carbons (Fsp3) is 0.406. The summed E-state index contributed by atoms with van der Waals surface area (Å²) < 4.78 is 56.1. The maximum absolute atomic E-state index is 15.5. The highest BCUT2D eigenvalue weighted by Crippen LogP contribution is 2.51. The van der Waals surface area contributed by atoms with Crippen LogP contribution in [0.2, 0.25) is 0 Å². The molecule has 7 heteroatoms. The first-order chi connectivity index (χ1) is 18.5. The molecule has 0 bridgehead atoms. The first-order valence-electron chi connectivity index (χ1n) is 13.3. The van der Waals surface area contributed by atoms with Crippen LogP contribution in [0.15, 0.2) is 48.5 Å². The standard InChI is InChI=1S/C32H35F3O4/c1-5-19(14-31(36)37)20-11-22(33)15-24(12-20)39-18-21-13-26(28-7-6-10-32(28,2)3)25(17-30(21)35)27-16-23(38-4)8-9-29(27)34/h8-9,11-13,15-17,19,28H,5-7,10,14,18H2,1-4H3,(H,36,37)/t19?,28-/m1/s1. The van der Waals surface area contributed by atoms with E-state index in [1.807, 2.05) is 6.92 Å². The largest absolute Gasteiger partial charge is 0.497 e. The molecule has 4 nitrogen and oxygen atoms in total. The van der Waals surface area contributed by atoms with Crippen LogP contribution in [0.3, 0.4) is 0 Å². The molecule has 0 heterocycles. The number of carboxylic acid groups (broad SMARTS) is 1. The van der Waals surface area contributed by atoms with Crippen molar-refractivity contribution >= 4 is 5.97 Å². The Morgan fingerprint density at radius 3 is 2.44 bits per heavy atom. The van der Waals surface area contributed by atoms with E-state index in [0.29, 0.717) is 23.3 Å². The number of hydrogen-bond donors (Lipinski definition) is 1. The molecule has 1 unspecified atom stereocenters. The minimum atomic E-state index is -0.967. The van der Waals surface area contributed by atoms with Crippen molar-refractivity contribution in [1.29, 1.82) is 0 Å². The SMILES string of the molecule is CCC(CC(=O)O)c1cc(F)cc(OCc2cc([C@H]3CCCC3(C)C)c(-c3cc(OC)ccc3F)cc2F)c1. The number of benzene rings is 3. The van der Waals surface area contributed by atoms with Crippen LogP contribution in [-0.2, 0) is 11.4 Å². The highest BCUT2D eigenvalue weighted by Gasteiger charge is 2.37. The van der Waals surface area contributed by atoms with Crippen molar-refractivity contribution < 1.29 is 32.5 Å². The number of rotatable bonds is 10. The summed E-state index contributed by atoms with van der Waals surface area (Å²) >= 11 is 0. The summed E-state index contributed by atoms with van der Waals surface area (Å²) in [6.45, 7) is 6.02. The van der Waals surface area contributed by atoms with Crippen molar-refractivity contribution in [1.82, 2.24) is 0 Å². The van der Waals surface area contributed by atoms with E-state index in [4.69, 9.17) is 9.47 Å². The molecular weight excluding hydrogens is 505 g/mol. The molecule has 0 saturated heterocycles. The Morgan fingerprint density at radius 2 is 1.79 bits per heavy atom. The minimum Gasteiger partial charge on any atom is -0.497 e. The Bertz CT molecular complexity index is 1350. The summed E-state index contributed by atoms with van der Waals surface area (Å²) in [5.74, 6) is -2.15. The molecule has 0 radical (unpaired) electrons. The van der Waals surface area contributed by atoms with Crippen LogP contribution in [0.5, 0.6) is 11.5 Å². The maximum Gasteiger partial charge on any atom is 0.303 e. The summed E-state index contributed by atoms with van der Waals surface area (Å²) in [5.41, 5.74) is 2.35. The number of hydrogen-bond acceptors (Lipinski definition) is 3. The van der Waals surface area contributed by atoms with E-state index >= 15 is 8.78 Å². The summed E-state index contributed by atoms with van der Waals surface area (Å²) in [6, 6.07) is 11.7. The Morgan fingerprint density at radius 1 is 1.03 bits per heavy atom. The van der Waals surface area contributed by atoms with Crippen LogP contribution < -0.4 is 9.47 Å². The van der Waals surface area contributed by atoms with E-state index in [-0.39, 0.29) is 47.2 Å². The third-order valence-electron chi connectivity index (χ3n) is 7.99. The summed E-state index contributed by atoms with van der Waals surface area (Å²) in [5, 5.41) is 9.20. The average molecular weight is 541 g/mol. The van der Waals surface area contributed by atoms with Gasteiger partial charge in [-0.2, -0.15) is 0 Å². The van der Waals surface area contributed by atoms with Crippen LogP contribution >= 0.6 is 0 Å². The molecule has 4 rings (SSSR count). The Balaban J connectivity index is 1.71. The average Bonchev–Trinajstić information content (AvgIpc) is 3.24. The molecule has 208 valence electrons. The second-order valence-electron chi connectivity index (χ2n) is 11.0. The topological polar surface area (TPSA) is 55.8 Å². The summed E-state index contributed by atoms with van der Waals surface area (Å²) in [6.07, 6.45) is 3.31. The smallest absolute Gasteiger partial charge is 0.303 e. The van der Waals surface area contributed by atoms with Gasteiger partial charge < -0.3 is 14.6 Å². The molecule has 0 aliphatic heterocycles. The molecule has 0 amide bonds. The number of carboxylic acids is 1. The molecule has 3 aromatic carbocycles. The van der Waals surface area contributed by atoms with E-state index in [1.54, 1.807) is 18.2 Å². The Hall–Kier alpha value is -3.48. The van der Waals surface area contributed by atoms with Gasteiger partial charge in [0, 0.05) is 17.2 Å². The third kappa shape index (κ3) is 6.40. The lowest BCUT2D eigenvalue weighted by Gasteiger charge is -2.30. The summed E-state index contributed by atoms with van der Waals surface area (Å²) in [7, 11) is 1.50. The van der Waals surface area contributed by atoms with Crippen LogP contribution in [0.1, 0.15) is 81.4 Å². The van der Waals surface area contributed by atoms with Gasteiger partial charge in [-0.05, 0) is 95.7 Å². The second-order valence-corrected chi connectivity index (χ2v) is 11.0. The fourth-order valence-corrected chi connectivity index (χ4v) is 5.78. The van der Waals surface area contributed by atoms with Gasteiger partial charge in [0.15, 0.2) is 0 Å². The van der Waals surface area contributed by atoms with Crippen molar-refractivity contribution in [2.75, 3.05) is 7.11 Å². The van der Waals surface area contributed by atoms with Gasteiger partial charge in [0.25, 0.3) is 0 Å². The maximum atomic E-state index is 15.5. The van der Waals surface area contributed by atoms with Gasteiger partial charge in [0.05, 0.1) is 13.5 Å². The number of halogens is 3. The molecule has 1 fully saturated rings. The van der Waals surface area contributed by atoms with Crippen molar-refractivity contribution in [3.8, 4) is 22.6 Å². The lowest BCUT2D eigenvalue weighted by Crippen LogP contribution is -2.17. The second kappa shape index (κ2) is 11.7. The number of aliphatic carboxylic acids is 1. The van der Waals surface area contributed by atoms with Gasteiger partial charge in [0.2, 0.25) is 0 Å². The van der Waals surface area contributed by atoms with Gasteiger partial charge in [-0.3, -0.25) is 4.79 Å². The Labute approximate surface area is 227 Å². The highest BCUT2D eigenvalue weighted by atomic mass is 19.1. The number of ether oxygens (including phenoxy) is 2. The molecule has 1 aliphatic rings. The van der Waals surface area contributed by atoms with Gasteiger partial charge in [-0.15, -0.1) is 0 Å². The molecular formula is C32H35F3O4. The van der Waals surface area contributed by atoms with Crippen LogP contribution in [0.25, 0.3) is 11.1 Å². The number of methoxy groups -OCH3 is 1. The molecule has 39 heavy (non-hydrogen) atoms. The first-order valence-corrected chi connectivity index (χ1v) is 13.3. The van der Waals surface area contributed by atoms with Crippen molar-refractivity contribution in [2.45, 2.75) is 71.3 Å². The van der Waals surface area contributed by atoms with Gasteiger partial charge in [0.1, 0.15) is 35.6 Å². The zero-order chi connectivity index (χ0) is 28.3. The predicted octanol–water partition coefficient (Wildman–Crippen LogP) is 8.62. The van der Waals surface area contributed by atoms with Gasteiger partial charge in [-0.1, -0.05) is 27.2 Å². The van der Waals surface area contributed by atoms with E-state index in [0.717, 1.165) is 24.8 Å². The first kappa shape index (κ1) is 28.5. The molecule has 0 aromatic heterocycles. The normalized spacial score (nSPS) is 17.2. The molecule has 1 N–H and O–H groups in total. The Kier molecular flexibility index (Phi) is 8.57. The molecule has 1 saturated carbocycles. The van der Waals surface area contributed by atoms with E-state index in [9.17, 15) is 14.3 Å². The quantitative estimate of drug-likeness (QED) is 0.280. The number of carbonyl (C=O) groups is 1. The van der Waals surface area contributed by atoms with Crippen LogP contribution in [-0.4, -0.2) is 18.2 Å². The lowest BCUT2D eigenvalue weighted by atomic mass is 9.75. The zero-order valence-electron chi connectivity index (χ0n) is 22.8. The van der Waals surface area contributed by atoms with Gasteiger partial charge >= 0.3 is 5.97 Å². The molecule has 0 spiro atoms. The highest BCUT2D eigenvalue weighted by molar-refractivity contribution is 5.71. The fourth-order valence-electron chi connectivity index (χ4n) is 5.78. The van der Waals surface area contributed by atoms with Crippen molar-refractivity contribution in [3.63, 3.8) is 0 Å². The van der Waals surface area contributed by atoms with E-state index in [2.05, 4.69) is 13.8 Å².